The second-order valence-electron chi connectivity index (χ2n) is 8.10. The Labute approximate surface area is 191 Å². The van der Waals surface area contributed by atoms with Crippen LogP contribution in [-0.2, 0) is 34.4 Å². The number of hydrogen-bond donors (Lipinski definition) is 1. The smallest absolute Gasteiger partial charge is 0.332 e. The summed E-state index contributed by atoms with van der Waals surface area (Å²) in [6, 6.07) is 8.11. The van der Waals surface area contributed by atoms with Gasteiger partial charge in [0, 0.05) is 13.7 Å². The van der Waals surface area contributed by atoms with Crippen LogP contribution in [0.3, 0.4) is 0 Å². The van der Waals surface area contributed by atoms with Gasteiger partial charge in [0.05, 0.1) is 26.4 Å². The first kappa shape index (κ1) is 23.2. The fourth-order valence-electron chi connectivity index (χ4n) is 3.79. The summed E-state index contributed by atoms with van der Waals surface area (Å²) < 4.78 is 24.9. The summed E-state index contributed by atoms with van der Waals surface area (Å²) in [5, 5.41) is 0. The SMILES string of the molecule is Cc1cccc(COc2nc3c([nH]2)c(=O)n(CCOCCOC2CCCCO2)c(=O)n3C)c1. The van der Waals surface area contributed by atoms with E-state index >= 15 is 0 Å². The Hall–Kier alpha value is -2.95. The number of hydrogen-bond acceptors (Lipinski definition) is 7. The maximum absolute atomic E-state index is 12.9. The van der Waals surface area contributed by atoms with Gasteiger partial charge in [0.15, 0.2) is 17.5 Å². The van der Waals surface area contributed by atoms with Crippen LogP contribution in [0.4, 0.5) is 0 Å². The van der Waals surface area contributed by atoms with Crippen LogP contribution in [0.2, 0.25) is 0 Å². The first-order valence-corrected chi connectivity index (χ1v) is 11.2. The Morgan fingerprint density at radius 1 is 1.21 bits per heavy atom. The van der Waals surface area contributed by atoms with E-state index in [4.69, 9.17) is 18.9 Å². The number of aryl methyl sites for hydroxylation is 2. The number of nitrogens with zero attached hydrogens (tertiary/aromatic N) is 3. The fraction of sp³-hybridized carbons (Fsp3) is 0.522. The zero-order valence-corrected chi connectivity index (χ0v) is 19.0. The second-order valence-corrected chi connectivity index (χ2v) is 8.10. The van der Waals surface area contributed by atoms with Crippen molar-refractivity contribution in [3.8, 4) is 6.01 Å². The van der Waals surface area contributed by atoms with E-state index in [1.54, 1.807) is 7.05 Å². The van der Waals surface area contributed by atoms with Crippen molar-refractivity contribution in [2.24, 2.45) is 7.05 Å². The monoisotopic (exact) mass is 458 g/mol. The Morgan fingerprint density at radius 3 is 2.88 bits per heavy atom. The van der Waals surface area contributed by atoms with Crippen molar-refractivity contribution < 1.29 is 18.9 Å². The topological polar surface area (TPSA) is 110 Å². The Balaban J connectivity index is 1.36. The van der Waals surface area contributed by atoms with Crippen LogP contribution in [-0.4, -0.2) is 51.8 Å². The molecule has 1 aliphatic rings. The molecule has 0 spiro atoms. The molecular formula is C23H30N4O6. The number of rotatable bonds is 10. The number of imidazole rings is 1. The molecule has 0 bridgehead atoms. The van der Waals surface area contributed by atoms with E-state index in [0.717, 1.165) is 41.6 Å². The van der Waals surface area contributed by atoms with E-state index in [1.165, 1.54) is 4.57 Å². The van der Waals surface area contributed by atoms with Crippen LogP contribution < -0.4 is 16.0 Å². The lowest BCUT2D eigenvalue weighted by atomic mass is 10.1. The predicted molar refractivity (Wildman–Crippen MR) is 121 cm³/mol. The summed E-state index contributed by atoms with van der Waals surface area (Å²) in [6.07, 6.45) is 2.90. The van der Waals surface area contributed by atoms with Gasteiger partial charge in [-0.05, 0) is 31.7 Å². The van der Waals surface area contributed by atoms with Crippen molar-refractivity contribution in [2.75, 3.05) is 26.4 Å². The van der Waals surface area contributed by atoms with Gasteiger partial charge in [0.25, 0.3) is 11.6 Å². The van der Waals surface area contributed by atoms with Gasteiger partial charge in [-0.1, -0.05) is 29.8 Å². The molecule has 3 aromatic rings. The minimum atomic E-state index is -0.459. The minimum Gasteiger partial charge on any atom is -0.460 e. The van der Waals surface area contributed by atoms with Crippen molar-refractivity contribution in [3.05, 3.63) is 56.2 Å². The Kier molecular flexibility index (Phi) is 7.58. The van der Waals surface area contributed by atoms with Crippen LogP contribution in [0.25, 0.3) is 11.2 Å². The fourth-order valence-corrected chi connectivity index (χ4v) is 3.79. The maximum atomic E-state index is 12.9. The molecule has 0 amide bonds. The van der Waals surface area contributed by atoms with Gasteiger partial charge in [0.1, 0.15) is 6.61 Å². The van der Waals surface area contributed by atoms with E-state index in [0.29, 0.717) is 19.8 Å². The van der Waals surface area contributed by atoms with Gasteiger partial charge in [0.2, 0.25) is 0 Å². The number of aromatic amines is 1. The summed E-state index contributed by atoms with van der Waals surface area (Å²) in [5.41, 5.74) is 1.66. The lowest BCUT2D eigenvalue weighted by Crippen LogP contribution is -2.40. The number of ether oxygens (including phenoxy) is 4. The summed E-state index contributed by atoms with van der Waals surface area (Å²) in [5.74, 6) is 0. The molecule has 4 rings (SSSR count). The van der Waals surface area contributed by atoms with E-state index in [2.05, 4.69) is 9.97 Å². The number of fused-ring (bicyclic) bond motifs is 1. The largest absolute Gasteiger partial charge is 0.460 e. The van der Waals surface area contributed by atoms with Crippen molar-refractivity contribution in [1.82, 2.24) is 19.1 Å². The highest BCUT2D eigenvalue weighted by molar-refractivity contribution is 5.70. The lowest BCUT2D eigenvalue weighted by molar-refractivity contribution is -0.169. The molecule has 1 aromatic carbocycles. The summed E-state index contributed by atoms with van der Waals surface area (Å²) in [6.45, 7) is 4.13. The molecule has 2 aromatic heterocycles. The Morgan fingerprint density at radius 2 is 2.09 bits per heavy atom. The molecular weight excluding hydrogens is 428 g/mol. The van der Waals surface area contributed by atoms with Crippen LogP contribution in [0.1, 0.15) is 30.4 Å². The van der Waals surface area contributed by atoms with Crippen molar-refractivity contribution >= 4 is 11.2 Å². The maximum Gasteiger partial charge on any atom is 0.332 e. The standard InChI is InChI=1S/C23H30N4O6/c1-16-6-5-7-17(14-16)15-33-22-24-19-20(25-22)26(2)23(29)27(21(19)28)9-11-30-12-13-32-18-8-3-4-10-31-18/h5-7,14,18H,3-4,8-13,15H2,1-2H3,(H,24,25). The summed E-state index contributed by atoms with van der Waals surface area (Å²) in [4.78, 5) is 32.8. The van der Waals surface area contributed by atoms with Crippen molar-refractivity contribution in [1.29, 1.82) is 0 Å². The van der Waals surface area contributed by atoms with Gasteiger partial charge in [-0.25, -0.2) is 4.79 Å². The lowest BCUT2D eigenvalue weighted by Gasteiger charge is -2.22. The number of H-pyrrole nitrogens is 1. The third-order valence-electron chi connectivity index (χ3n) is 5.54. The average Bonchev–Trinajstić information content (AvgIpc) is 3.26. The molecule has 33 heavy (non-hydrogen) atoms. The molecule has 1 aliphatic heterocycles. The van der Waals surface area contributed by atoms with Gasteiger partial charge in [-0.15, -0.1) is 0 Å². The normalized spacial score (nSPS) is 16.4. The molecule has 0 radical (unpaired) electrons. The van der Waals surface area contributed by atoms with E-state index in [1.807, 2.05) is 31.2 Å². The van der Waals surface area contributed by atoms with Crippen LogP contribution in [0.5, 0.6) is 6.01 Å². The first-order valence-electron chi connectivity index (χ1n) is 11.2. The van der Waals surface area contributed by atoms with Crippen molar-refractivity contribution in [2.45, 2.75) is 45.6 Å². The molecule has 1 unspecified atom stereocenters. The second kappa shape index (κ2) is 10.8. The minimum absolute atomic E-state index is 0.125. The highest BCUT2D eigenvalue weighted by Gasteiger charge is 2.16. The summed E-state index contributed by atoms with van der Waals surface area (Å²) >= 11 is 0. The van der Waals surface area contributed by atoms with E-state index in [-0.39, 0.29) is 36.6 Å². The predicted octanol–water partition coefficient (Wildman–Crippen LogP) is 1.87. The molecule has 178 valence electrons. The molecule has 1 atom stereocenters. The van der Waals surface area contributed by atoms with Crippen LogP contribution >= 0.6 is 0 Å². The summed E-state index contributed by atoms with van der Waals surface area (Å²) in [7, 11) is 1.57. The molecule has 1 N–H and O–H groups in total. The molecule has 10 heteroatoms. The highest BCUT2D eigenvalue weighted by atomic mass is 16.7. The van der Waals surface area contributed by atoms with Gasteiger partial charge in [-0.3, -0.25) is 13.9 Å². The highest BCUT2D eigenvalue weighted by Crippen LogP contribution is 2.14. The van der Waals surface area contributed by atoms with Crippen LogP contribution in [0, 0.1) is 6.92 Å². The molecule has 0 aliphatic carbocycles. The number of aromatic nitrogens is 4. The molecule has 10 nitrogen and oxygen atoms in total. The number of nitrogens with one attached hydrogen (secondary N) is 1. The third-order valence-corrected chi connectivity index (χ3v) is 5.54. The van der Waals surface area contributed by atoms with Crippen LogP contribution in [0.15, 0.2) is 33.9 Å². The van der Waals surface area contributed by atoms with Gasteiger partial charge < -0.3 is 23.9 Å². The van der Waals surface area contributed by atoms with E-state index in [9.17, 15) is 9.59 Å². The zero-order valence-electron chi connectivity index (χ0n) is 19.0. The first-order chi connectivity index (χ1) is 16.0. The zero-order chi connectivity index (χ0) is 23.2. The third kappa shape index (κ3) is 5.70. The van der Waals surface area contributed by atoms with E-state index < -0.39 is 11.2 Å². The number of benzene rings is 1. The average molecular weight is 459 g/mol. The van der Waals surface area contributed by atoms with Gasteiger partial charge >= 0.3 is 5.69 Å². The quantitative estimate of drug-likeness (QED) is 0.462. The van der Waals surface area contributed by atoms with Gasteiger partial charge in [-0.2, -0.15) is 4.98 Å². The Bertz CT molecular complexity index is 1190. The molecule has 1 saturated heterocycles. The van der Waals surface area contributed by atoms with Crippen molar-refractivity contribution in [3.63, 3.8) is 0 Å². The molecule has 0 saturated carbocycles. The molecule has 3 heterocycles. The molecule has 1 fully saturated rings.